The highest BCUT2D eigenvalue weighted by Crippen LogP contribution is 2.28. The number of aliphatic hydroxyl groups is 2. The number of rotatable bonds is 14. The maximum Gasteiger partial charge on any atom is 0.412 e. The number of amides is 1. The van der Waals surface area contributed by atoms with Crippen molar-refractivity contribution in [2.45, 2.75) is 109 Å². The van der Waals surface area contributed by atoms with Crippen LogP contribution in [0.4, 0.5) is 10.6 Å². The topological polar surface area (TPSA) is 123 Å². The van der Waals surface area contributed by atoms with Crippen molar-refractivity contribution < 1.29 is 24.5 Å². The maximum absolute atomic E-state index is 12.4. The molecule has 0 unspecified atom stereocenters. The van der Waals surface area contributed by atoms with Crippen LogP contribution in [-0.2, 0) is 9.47 Å². The minimum atomic E-state index is -1.31. The Morgan fingerprint density at radius 3 is 2.24 bits per heavy atom. The van der Waals surface area contributed by atoms with Gasteiger partial charge in [-0.25, -0.2) is 9.59 Å². The summed E-state index contributed by atoms with van der Waals surface area (Å²) in [6.07, 6.45) is 15.0. The normalized spacial score (nSPS) is 21.9. The third kappa shape index (κ3) is 8.42. The van der Waals surface area contributed by atoms with E-state index in [-0.39, 0.29) is 18.0 Å². The van der Waals surface area contributed by atoms with Crippen molar-refractivity contribution >= 4 is 11.9 Å². The number of anilines is 1. The van der Waals surface area contributed by atoms with Gasteiger partial charge in [0.25, 0.3) is 0 Å². The lowest BCUT2D eigenvalue weighted by molar-refractivity contribution is -0.0350. The Hall–Kier alpha value is -2.41. The molecule has 1 aromatic rings. The lowest BCUT2D eigenvalue weighted by atomic mass is 10.1. The summed E-state index contributed by atoms with van der Waals surface area (Å²) in [6.45, 7) is 4.07. The second-order valence-corrected chi connectivity index (χ2v) is 8.85. The molecule has 0 bridgehead atoms. The van der Waals surface area contributed by atoms with Crippen LogP contribution in [0.1, 0.15) is 96.3 Å². The van der Waals surface area contributed by atoms with E-state index in [1.54, 1.807) is 6.92 Å². The van der Waals surface area contributed by atoms with Crippen LogP contribution in [0.2, 0.25) is 0 Å². The SMILES string of the molecule is C#Cc1cn([C@@H]2O[C@H](C)[C@@H](O)[C@H]2O)c(=O)nc1NC(=O)OCCCCCCCCCCCCC. The summed E-state index contributed by atoms with van der Waals surface area (Å²) >= 11 is 0. The number of unbranched alkanes of at least 4 members (excludes halogenated alkanes) is 10. The molecule has 0 spiro atoms. The zero-order valence-electron chi connectivity index (χ0n) is 20.4. The number of hydrogen-bond donors (Lipinski definition) is 3. The number of nitrogens with zero attached hydrogens (tertiary/aromatic N) is 2. The fraction of sp³-hybridized carbons (Fsp3) is 0.720. The van der Waals surface area contributed by atoms with Gasteiger partial charge in [-0.05, 0) is 13.3 Å². The van der Waals surface area contributed by atoms with Crippen LogP contribution >= 0.6 is 0 Å². The summed E-state index contributed by atoms with van der Waals surface area (Å²) in [5.41, 5.74) is -0.666. The fourth-order valence-electron chi connectivity index (χ4n) is 3.97. The second-order valence-electron chi connectivity index (χ2n) is 8.85. The number of terminal acetylenes is 1. The van der Waals surface area contributed by atoms with Gasteiger partial charge in [0.1, 0.15) is 12.2 Å². The molecular weight excluding hydrogens is 438 g/mol. The van der Waals surface area contributed by atoms with E-state index in [1.807, 2.05) is 0 Å². The molecule has 4 atom stereocenters. The van der Waals surface area contributed by atoms with E-state index in [9.17, 15) is 19.8 Å². The molecule has 0 aliphatic carbocycles. The predicted octanol–water partition coefficient (Wildman–Crippen LogP) is 3.72. The average Bonchev–Trinajstić information content (AvgIpc) is 3.07. The number of carbonyl (C=O) groups excluding carboxylic acids is 1. The Morgan fingerprint density at radius 2 is 1.71 bits per heavy atom. The average molecular weight is 478 g/mol. The molecule has 3 N–H and O–H groups in total. The van der Waals surface area contributed by atoms with Gasteiger partial charge in [-0.2, -0.15) is 4.98 Å². The molecule has 1 aromatic heterocycles. The predicted molar refractivity (Wildman–Crippen MR) is 129 cm³/mol. The summed E-state index contributed by atoms with van der Waals surface area (Å²) in [7, 11) is 0. The third-order valence-corrected chi connectivity index (χ3v) is 6.06. The summed E-state index contributed by atoms with van der Waals surface area (Å²) in [6, 6.07) is 0. The van der Waals surface area contributed by atoms with Crippen molar-refractivity contribution in [1.82, 2.24) is 9.55 Å². The molecule has 9 heteroatoms. The lowest BCUT2D eigenvalue weighted by Gasteiger charge is -2.18. The Balaban J connectivity index is 1.71. The standard InChI is InChI=1S/C25H39N3O6/c1-4-6-7-8-9-10-11-12-13-14-15-16-33-25(32)27-22-19(5-2)17-28(24(31)26-22)23-21(30)20(29)18(3)34-23/h2,17-18,20-21,23,29-30H,4,6-16H2,1,3H3,(H,26,27,31,32)/t18-,20-,21-,23-/m1/s1. The van der Waals surface area contributed by atoms with Gasteiger partial charge < -0.3 is 19.7 Å². The molecule has 34 heavy (non-hydrogen) atoms. The van der Waals surface area contributed by atoms with E-state index in [0.717, 1.165) is 23.8 Å². The molecule has 1 fully saturated rings. The summed E-state index contributed by atoms with van der Waals surface area (Å²) in [5.74, 6) is 2.25. The first kappa shape index (κ1) is 27.8. The first-order valence-electron chi connectivity index (χ1n) is 12.4. The van der Waals surface area contributed by atoms with Crippen LogP contribution in [-0.4, -0.2) is 50.8 Å². The van der Waals surface area contributed by atoms with E-state index in [0.29, 0.717) is 0 Å². The summed E-state index contributed by atoms with van der Waals surface area (Å²) in [5, 5.41) is 22.4. The number of carbonyl (C=O) groups is 1. The smallest absolute Gasteiger partial charge is 0.412 e. The number of aliphatic hydroxyl groups excluding tert-OH is 2. The van der Waals surface area contributed by atoms with Gasteiger partial charge in [0, 0.05) is 6.20 Å². The highest BCUT2D eigenvalue weighted by Gasteiger charge is 2.42. The Labute approximate surface area is 201 Å². The highest BCUT2D eigenvalue weighted by atomic mass is 16.6. The zero-order chi connectivity index (χ0) is 24.9. The zero-order valence-corrected chi connectivity index (χ0v) is 20.4. The van der Waals surface area contributed by atoms with E-state index in [1.165, 1.54) is 57.6 Å². The highest BCUT2D eigenvalue weighted by molar-refractivity contribution is 5.84. The number of aromatic nitrogens is 2. The van der Waals surface area contributed by atoms with E-state index < -0.39 is 36.3 Å². The molecule has 190 valence electrons. The van der Waals surface area contributed by atoms with Gasteiger partial charge in [0.05, 0.1) is 18.3 Å². The molecular formula is C25H39N3O6. The summed E-state index contributed by atoms with van der Waals surface area (Å²) < 4.78 is 11.6. The van der Waals surface area contributed by atoms with Crippen LogP contribution < -0.4 is 11.0 Å². The van der Waals surface area contributed by atoms with Crippen molar-refractivity contribution in [2.24, 2.45) is 0 Å². The Morgan fingerprint density at radius 1 is 1.12 bits per heavy atom. The molecule has 9 nitrogen and oxygen atoms in total. The quantitative estimate of drug-likeness (QED) is 0.276. The van der Waals surface area contributed by atoms with Gasteiger partial charge in [-0.15, -0.1) is 6.42 Å². The molecule has 0 saturated carbocycles. The monoisotopic (exact) mass is 477 g/mol. The maximum atomic E-state index is 12.4. The minimum Gasteiger partial charge on any atom is -0.449 e. The third-order valence-electron chi connectivity index (χ3n) is 6.06. The molecule has 1 aliphatic heterocycles. The molecule has 2 rings (SSSR count). The second kappa shape index (κ2) is 14.8. The van der Waals surface area contributed by atoms with Crippen LogP contribution in [0.25, 0.3) is 0 Å². The van der Waals surface area contributed by atoms with Crippen molar-refractivity contribution in [2.75, 3.05) is 11.9 Å². The first-order chi connectivity index (χ1) is 16.4. The molecule has 0 radical (unpaired) electrons. The number of ether oxygens (including phenoxy) is 2. The van der Waals surface area contributed by atoms with Crippen LogP contribution in [0.5, 0.6) is 0 Å². The van der Waals surface area contributed by atoms with Crippen molar-refractivity contribution in [3.8, 4) is 12.3 Å². The largest absolute Gasteiger partial charge is 0.449 e. The van der Waals surface area contributed by atoms with Gasteiger partial charge in [0.15, 0.2) is 12.0 Å². The van der Waals surface area contributed by atoms with Crippen LogP contribution in [0.3, 0.4) is 0 Å². The van der Waals surface area contributed by atoms with Gasteiger partial charge in [0.2, 0.25) is 0 Å². The minimum absolute atomic E-state index is 0.103. The van der Waals surface area contributed by atoms with Crippen molar-refractivity contribution in [3.05, 3.63) is 22.2 Å². The molecule has 1 amide bonds. The molecule has 1 aliphatic rings. The van der Waals surface area contributed by atoms with Crippen molar-refractivity contribution in [1.29, 1.82) is 0 Å². The molecule has 0 aromatic carbocycles. The van der Waals surface area contributed by atoms with Crippen LogP contribution in [0.15, 0.2) is 11.0 Å². The van der Waals surface area contributed by atoms with Crippen LogP contribution in [0, 0.1) is 12.3 Å². The Kier molecular flexibility index (Phi) is 12.1. The van der Waals surface area contributed by atoms with E-state index in [2.05, 4.69) is 23.1 Å². The van der Waals surface area contributed by atoms with Gasteiger partial charge >= 0.3 is 11.8 Å². The fourth-order valence-corrected chi connectivity index (χ4v) is 3.97. The van der Waals surface area contributed by atoms with Gasteiger partial charge in [-0.1, -0.05) is 77.1 Å². The number of hydrogen-bond acceptors (Lipinski definition) is 7. The summed E-state index contributed by atoms with van der Waals surface area (Å²) in [4.78, 5) is 28.3. The first-order valence-corrected chi connectivity index (χ1v) is 12.4. The molecule has 2 heterocycles. The molecule has 1 saturated heterocycles. The van der Waals surface area contributed by atoms with Crippen molar-refractivity contribution in [3.63, 3.8) is 0 Å². The lowest BCUT2D eigenvalue weighted by Crippen LogP contribution is -2.36. The van der Waals surface area contributed by atoms with E-state index in [4.69, 9.17) is 15.9 Å². The van der Waals surface area contributed by atoms with Gasteiger partial charge in [-0.3, -0.25) is 9.88 Å². The van der Waals surface area contributed by atoms with E-state index >= 15 is 0 Å². The Bertz CT molecular complexity index is 865. The number of nitrogens with one attached hydrogen (secondary N) is 1.